The minimum absolute atomic E-state index is 0.300. The van der Waals surface area contributed by atoms with Gasteiger partial charge in [0.05, 0.1) is 17.4 Å². The molecule has 0 aliphatic carbocycles. The number of hydrogen-bond acceptors (Lipinski definition) is 4. The predicted octanol–water partition coefficient (Wildman–Crippen LogP) is 0.948. The second kappa shape index (κ2) is 4.01. The third kappa shape index (κ3) is 2.00. The third-order valence-corrected chi connectivity index (χ3v) is 2.07. The molecule has 2 heterocycles. The van der Waals surface area contributed by atoms with Gasteiger partial charge in [0, 0.05) is 23.8 Å². The van der Waals surface area contributed by atoms with Crippen LogP contribution in [0.5, 0.6) is 0 Å². The van der Waals surface area contributed by atoms with Crippen LogP contribution in [0.2, 0.25) is 0 Å². The van der Waals surface area contributed by atoms with Gasteiger partial charge in [-0.1, -0.05) is 0 Å². The van der Waals surface area contributed by atoms with E-state index in [1.54, 1.807) is 12.3 Å². The van der Waals surface area contributed by atoms with E-state index >= 15 is 0 Å². The Bertz CT molecular complexity index is 506. The van der Waals surface area contributed by atoms with Gasteiger partial charge in [-0.25, -0.2) is 0 Å². The van der Waals surface area contributed by atoms with Crippen molar-refractivity contribution < 1.29 is 4.79 Å². The van der Waals surface area contributed by atoms with Crippen LogP contribution in [-0.2, 0) is 0 Å². The maximum atomic E-state index is 11.8. The number of amides is 1. The predicted molar refractivity (Wildman–Crippen MR) is 59.9 cm³/mol. The third-order valence-electron chi connectivity index (χ3n) is 2.07. The van der Waals surface area contributed by atoms with E-state index in [9.17, 15) is 4.79 Å². The number of H-pyrrole nitrogens is 1. The molecule has 0 spiro atoms. The molecule has 82 valence electrons. The van der Waals surface area contributed by atoms with Gasteiger partial charge >= 0.3 is 0 Å². The normalized spacial score (nSPS) is 10.1. The first-order valence-corrected chi connectivity index (χ1v) is 4.69. The number of anilines is 2. The zero-order chi connectivity index (χ0) is 11.5. The lowest BCUT2D eigenvalue weighted by Gasteiger charge is -2.05. The van der Waals surface area contributed by atoms with Crippen LogP contribution in [0.4, 0.5) is 11.4 Å². The quantitative estimate of drug-likeness (QED) is 0.697. The Morgan fingerprint density at radius 1 is 1.50 bits per heavy atom. The van der Waals surface area contributed by atoms with E-state index in [2.05, 4.69) is 20.5 Å². The molecule has 0 aliphatic rings. The summed E-state index contributed by atoms with van der Waals surface area (Å²) in [6.45, 7) is 1.81. The Labute approximate surface area is 91.9 Å². The van der Waals surface area contributed by atoms with Crippen LogP contribution in [-0.4, -0.2) is 21.1 Å². The fraction of sp³-hybridized carbons (Fsp3) is 0.100. The summed E-state index contributed by atoms with van der Waals surface area (Å²) in [6, 6.07) is 1.66. The second-order valence-electron chi connectivity index (χ2n) is 3.35. The molecule has 16 heavy (non-hydrogen) atoms. The maximum Gasteiger partial charge on any atom is 0.259 e. The SMILES string of the molecule is Cc1cc(N)c(C(=O)Nc2cn[nH]c2)cn1. The summed E-state index contributed by atoms with van der Waals surface area (Å²) in [5.41, 5.74) is 7.85. The lowest BCUT2D eigenvalue weighted by molar-refractivity contribution is 0.102. The molecule has 4 N–H and O–H groups in total. The van der Waals surface area contributed by atoms with Crippen LogP contribution < -0.4 is 11.1 Å². The molecule has 6 heteroatoms. The van der Waals surface area contributed by atoms with Crippen molar-refractivity contribution in [2.45, 2.75) is 6.92 Å². The Balaban J connectivity index is 2.21. The van der Waals surface area contributed by atoms with E-state index in [-0.39, 0.29) is 5.91 Å². The highest BCUT2D eigenvalue weighted by molar-refractivity contribution is 6.07. The number of nitrogen functional groups attached to an aromatic ring is 1. The number of aryl methyl sites for hydroxylation is 1. The Morgan fingerprint density at radius 3 is 2.94 bits per heavy atom. The molecule has 0 aromatic carbocycles. The zero-order valence-corrected chi connectivity index (χ0v) is 8.69. The summed E-state index contributed by atoms with van der Waals surface area (Å²) in [6.07, 6.45) is 4.55. The molecule has 1 amide bonds. The molecule has 2 aromatic rings. The van der Waals surface area contributed by atoms with Gasteiger partial charge in [0.1, 0.15) is 0 Å². The number of carbonyl (C=O) groups is 1. The fourth-order valence-corrected chi connectivity index (χ4v) is 1.29. The van der Waals surface area contributed by atoms with Gasteiger partial charge in [-0.05, 0) is 13.0 Å². The van der Waals surface area contributed by atoms with Gasteiger partial charge in [-0.2, -0.15) is 5.10 Å². The van der Waals surface area contributed by atoms with Gasteiger partial charge in [0.15, 0.2) is 0 Å². The summed E-state index contributed by atoms with van der Waals surface area (Å²) in [5, 5.41) is 8.96. The van der Waals surface area contributed by atoms with Crippen molar-refractivity contribution in [2.24, 2.45) is 0 Å². The van der Waals surface area contributed by atoms with Crippen molar-refractivity contribution in [1.29, 1.82) is 0 Å². The number of rotatable bonds is 2. The molecule has 6 nitrogen and oxygen atoms in total. The minimum Gasteiger partial charge on any atom is -0.398 e. The molecule has 0 radical (unpaired) electrons. The number of nitrogens with zero attached hydrogens (tertiary/aromatic N) is 2. The molecule has 0 bridgehead atoms. The minimum atomic E-state index is -0.300. The van der Waals surface area contributed by atoms with E-state index in [1.165, 1.54) is 12.4 Å². The molecule has 0 saturated carbocycles. The van der Waals surface area contributed by atoms with Crippen molar-refractivity contribution >= 4 is 17.3 Å². The first kappa shape index (κ1) is 10.2. The Kier molecular flexibility index (Phi) is 2.55. The second-order valence-corrected chi connectivity index (χ2v) is 3.35. The summed E-state index contributed by atoms with van der Waals surface area (Å²) < 4.78 is 0. The van der Waals surface area contributed by atoms with E-state index in [0.717, 1.165) is 5.69 Å². The van der Waals surface area contributed by atoms with Crippen molar-refractivity contribution in [1.82, 2.24) is 15.2 Å². The number of carbonyl (C=O) groups excluding carboxylic acids is 1. The Hall–Kier alpha value is -2.37. The maximum absolute atomic E-state index is 11.8. The topological polar surface area (TPSA) is 96.7 Å². The molecule has 0 atom stereocenters. The molecule has 0 saturated heterocycles. The van der Waals surface area contributed by atoms with E-state index < -0.39 is 0 Å². The number of aromatic amines is 1. The van der Waals surface area contributed by atoms with Crippen molar-refractivity contribution in [2.75, 3.05) is 11.1 Å². The molecular formula is C10H11N5O. The van der Waals surface area contributed by atoms with Crippen LogP contribution in [0.1, 0.15) is 16.1 Å². The van der Waals surface area contributed by atoms with Crippen LogP contribution in [0.15, 0.2) is 24.7 Å². The molecule has 2 rings (SSSR count). The number of nitrogens with one attached hydrogen (secondary N) is 2. The Morgan fingerprint density at radius 2 is 2.31 bits per heavy atom. The standard InChI is InChI=1S/C10H11N5O/c1-6-2-9(11)8(5-12-6)10(16)15-7-3-13-14-4-7/h2-5H,1H3,(H2,11,12)(H,13,14)(H,15,16). The summed E-state index contributed by atoms with van der Waals surface area (Å²) in [7, 11) is 0. The van der Waals surface area contributed by atoms with Gasteiger partial charge in [0.25, 0.3) is 5.91 Å². The molecule has 0 aliphatic heterocycles. The molecule has 0 fully saturated rings. The average Bonchev–Trinajstić information content (AvgIpc) is 2.70. The largest absolute Gasteiger partial charge is 0.398 e. The number of aromatic nitrogens is 3. The smallest absolute Gasteiger partial charge is 0.259 e. The fourth-order valence-electron chi connectivity index (χ4n) is 1.29. The zero-order valence-electron chi connectivity index (χ0n) is 8.69. The number of nitrogens with two attached hydrogens (primary N) is 1. The molecule has 0 unspecified atom stereocenters. The first-order chi connectivity index (χ1) is 7.66. The van der Waals surface area contributed by atoms with Crippen LogP contribution in [0.3, 0.4) is 0 Å². The average molecular weight is 217 g/mol. The lowest BCUT2D eigenvalue weighted by Crippen LogP contribution is -2.14. The summed E-state index contributed by atoms with van der Waals surface area (Å²) >= 11 is 0. The highest BCUT2D eigenvalue weighted by Gasteiger charge is 2.10. The van der Waals surface area contributed by atoms with Gasteiger partial charge in [0.2, 0.25) is 0 Å². The van der Waals surface area contributed by atoms with Gasteiger partial charge in [-0.3, -0.25) is 14.9 Å². The van der Waals surface area contributed by atoms with Crippen molar-refractivity contribution in [3.63, 3.8) is 0 Å². The lowest BCUT2D eigenvalue weighted by atomic mass is 10.2. The van der Waals surface area contributed by atoms with Crippen LogP contribution in [0.25, 0.3) is 0 Å². The highest BCUT2D eigenvalue weighted by atomic mass is 16.1. The highest BCUT2D eigenvalue weighted by Crippen LogP contribution is 2.13. The van der Waals surface area contributed by atoms with Gasteiger partial charge in [-0.15, -0.1) is 0 Å². The van der Waals surface area contributed by atoms with E-state index in [1.807, 2.05) is 6.92 Å². The summed E-state index contributed by atoms with van der Waals surface area (Å²) in [5.74, 6) is -0.300. The monoisotopic (exact) mass is 217 g/mol. The van der Waals surface area contributed by atoms with Crippen molar-refractivity contribution in [3.05, 3.63) is 35.9 Å². The van der Waals surface area contributed by atoms with Crippen molar-refractivity contribution in [3.8, 4) is 0 Å². The van der Waals surface area contributed by atoms with Crippen LogP contribution >= 0.6 is 0 Å². The number of pyridine rings is 1. The first-order valence-electron chi connectivity index (χ1n) is 4.69. The molecule has 2 aromatic heterocycles. The van der Waals surface area contributed by atoms with E-state index in [0.29, 0.717) is 16.9 Å². The van der Waals surface area contributed by atoms with Crippen LogP contribution in [0, 0.1) is 6.92 Å². The number of hydrogen-bond donors (Lipinski definition) is 3. The molecular weight excluding hydrogens is 206 g/mol. The van der Waals surface area contributed by atoms with Gasteiger partial charge < -0.3 is 11.1 Å². The summed E-state index contributed by atoms with van der Waals surface area (Å²) in [4.78, 5) is 15.8. The van der Waals surface area contributed by atoms with E-state index in [4.69, 9.17) is 5.73 Å².